The molecule has 0 aliphatic rings. The fourth-order valence-corrected chi connectivity index (χ4v) is 1.19. The number of benzene rings is 1. The number of ether oxygens (including phenoxy) is 1. The number of aromatic hydroxyl groups is 1. The predicted molar refractivity (Wildman–Crippen MR) is 58.3 cm³/mol. The van der Waals surface area contributed by atoms with Crippen LogP contribution >= 0.6 is 0 Å². The van der Waals surface area contributed by atoms with Crippen molar-refractivity contribution in [3.8, 4) is 11.5 Å². The van der Waals surface area contributed by atoms with E-state index in [0.29, 0.717) is 5.56 Å². The van der Waals surface area contributed by atoms with Crippen molar-refractivity contribution in [3.05, 3.63) is 29.8 Å². The Morgan fingerprint density at radius 2 is 2.18 bits per heavy atom. The molecule has 0 saturated heterocycles. The van der Waals surface area contributed by atoms with Crippen LogP contribution in [0, 0.1) is 0 Å². The van der Waals surface area contributed by atoms with E-state index in [2.05, 4.69) is 0 Å². The zero-order valence-electron chi connectivity index (χ0n) is 9.17. The molecule has 1 N–H and O–H groups in total. The van der Waals surface area contributed by atoms with Gasteiger partial charge in [0, 0.05) is 5.97 Å². The van der Waals surface area contributed by atoms with E-state index in [4.69, 9.17) is 4.74 Å². The van der Waals surface area contributed by atoms with Crippen LogP contribution in [0.3, 0.4) is 0 Å². The van der Waals surface area contributed by atoms with Crippen LogP contribution in [-0.4, -0.2) is 24.0 Å². The van der Waals surface area contributed by atoms with Crippen LogP contribution in [0.4, 0.5) is 0 Å². The van der Waals surface area contributed by atoms with Crippen molar-refractivity contribution >= 4 is 17.8 Å². The van der Waals surface area contributed by atoms with Gasteiger partial charge in [-0.05, 0) is 23.8 Å². The lowest BCUT2D eigenvalue weighted by atomic mass is 10.1. The van der Waals surface area contributed by atoms with Crippen LogP contribution < -0.4 is 9.84 Å². The van der Waals surface area contributed by atoms with E-state index in [1.165, 1.54) is 25.3 Å². The Hall–Kier alpha value is -2.30. The Morgan fingerprint density at radius 1 is 1.47 bits per heavy atom. The summed E-state index contributed by atoms with van der Waals surface area (Å²) in [4.78, 5) is 21.2. The second kappa shape index (κ2) is 5.69. The van der Waals surface area contributed by atoms with Crippen molar-refractivity contribution in [1.82, 2.24) is 0 Å². The highest BCUT2D eigenvalue weighted by Gasteiger charge is 2.01. The molecule has 5 nitrogen and oxygen atoms in total. The summed E-state index contributed by atoms with van der Waals surface area (Å²) in [5.41, 5.74) is 0.617. The minimum Gasteiger partial charge on any atom is -0.550 e. The van der Waals surface area contributed by atoms with Crippen molar-refractivity contribution in [1.29, 1.82) is 0 Å². The first-order valence-corrected chi connectivity index (χ1v) is 4.80. The molecule has 0 fully saturated rings. The zero-order chi connectivity index (χ0) is 12.8. The number of phenols is 1. The Kier molecular flexibility index (Phi) is 4.28. The molecule has 17 heavy (non-hydrogen) atoms. The van der Waals surface area contributed by atoms with E-state index in [0.717, 1.165) is 6.08 Å². The van der Waals surface area contributed by atoms with Gasteiger partial charge in [0.15, 0.2) is 17.3 Å². The van der Waals surface area contributed by atoms with E-state index in [-0.39, 0.29) is 11.5 Å². The first-order chi connectivity index (χ1) is 8.02. The summed E-state index contributed by atoms with van der Waals surface area (Å²) >= 11 is 0. The SMILES string of the molecule is COc1cc(/C=C/C(=O)CC(=O)[O-])ccc1O. The fraction of sp³-hybridized carbons (Fsp3) is 0.167. The van der Waals surface area contributed by atoms with Gasteiger partial charge >= 0.3 is 0 Å². The maximum Gasteiger partial charge on any atom is 0.161 e. The minimum absolute atomic E-state index is 0.00860. The second-order valence-electron chi connectivity index (χ2n) is 3.28. The minimum atomic E-state index is -1.41. The largest absolute Gasteiger partial charge is 0.550 e. The lowest BCUT2D eigenvalue weighted by molar-refractivity contribution is -0.304. The highest BCUT2D eigenvalue weighted by Crippen LogP contribution is 2.26. The summed E-state index contributed by atoms with van der Waals surface area (Å²) in [6.45, 7) is 0. The maximum atomic E-state index is 11.1. The number of carboxylic acids is 1. The van der Waals surface area contributed by atoms with Crippen LogP contribution in [0.1, 0.15) is 12.0 Å². The van der Waals surface area contributed by atoms with Crippen LogP contribution in [0.2, 0.25) is 0 Å². The second-order valence-corrected chi connectivity index (χ2v) is 3.28. The molecule has 0 amide bonds. The molecule has 5 heteroatoms. The molecule has 1 aromatic carbocycles. The summed E-state index contributed by atoms with van der Waals surface area (Å²) < 4.78 is 4.88. The smallest absolute Gasteiger partial charge is 0.161 e. The van der Waals surface area contributed by atoms with Crippen molar-refractivity contribution in [2.75, 3.05) is 7.11 Å². The van der Waals surface area contributed by atoms with E-state index in [1.54, 1.807) is 6.07 Å². The molecular formula is C12H11O5-. The number of hydrogen-bond acceptors (Lipinski definition) is 5. The Balaban J connectivity index is 2.78. The molecule has 0 aromatic heterocycles. The maximum absolute atomic E-state index is 11.1. The summed E-state index contributed by atoms with van der Waals surface area (Å²) in [5.74, 6) is -1.70. The quantitative estimate of drug-likeness (QED) is 0.578. The van der Waals surface area contributed by atoms with Gasteiger partial charge in [-0.15, -0.1) is 0 Å². The predicted octanol–water partition coefficient (Wildman–Crippen LogP) is 0.123. The molecule has 1 rings (SSSR count). The van der Waals surface area contributed by atoms with E-state index < -0.39 is 18.2 Å². The van der Waals surface area contributed by atoms with Gasteiger partial charge in [0.1, 0.15) is 0 Å². The van der Waals surface area contributed by atoms with Gasteiger partial charge in [-0.1, -0.05) is 12.1 Å². The number of methoxy groups -OCH3 is 1. The van der Waals surface area contributed by atoms with Crippen molar-refractivity contribution in [3.63, 3.8) is 0 Å². The number of phenolic OH excluding ortho intramolecular Hbond substituents is 1. The van der Waals surface area contributed by atoms with Gasteiger partial charge in [0.2, 0.25) is 0 Å². The molecular weight excluding hydrogens is 224 g/mol. The molecule has 90 valence electrons. The number of carbonyl (C=O) groups is 2. The number of carbonyl (C=O) groups excluding carboxylic acids is 2. The zero-order valence-corrected chi connectivity index (χ0v) is 9.17. The van der Waals surface area contributed by atoms with Gasteiger partial charge in [0.25, 0.3) is 0 Å². The number of ketones is 1. The van der Waals surface area contributed by atoms with Crippen molar-refractivity contribution in [2.24, 2.45) is 0 Å². The van der Waals surface area contributed by atoms with Crippen LogP contribution in [-0.2, 0) is 9.59 Å². The molecule has 0 unspecified atom stereocenters. The standard InChI is InChI=1S/C12H12O5/c1-17-11-6-8(3-5-10(11)14)2-4-9(13)7-12(15)16/h2-6,14H,7H2,1H3,(H,15,16)/p-1/b4-2+. The normalized spacial score (nSPS) is 10.4. The summed E-state index contributed by atoms with van der Waals surface area (Å²) in [6, 6.07) is 4.51. The third-order valence-electron chi connectivity index (χ3n) is 1.98. The number of allylic oxidation sites excluding steroid dienone is 1. The third kappa shape index (κ3) is 3.98. The summed E-state index contributed by atoms with van der Waals surface area (Å²) in [7, 11) is 1.41. The summed E-state index contributed by atoms with van der Waals surface area (Å²) in [6.07, 6.45) is 1.93. The van der Waals surface area contributed by atoms with Gasteiger partial charge in [-0.25, -0.2) is 0 Å². The first kappa shape index (κ1) is 12.8. The third-order valence-corrected chi connectivity index (χ3v) is 1.98. The van der Waals surface area contributed by atoms with E-state index in [9.17, 15) is 19.8 Å². The average molecular weight is 235 g/mol. The van der Waals surface area contributed by atoms with E-state index >= 15 is 0 Å². The van der Waals surface area contributed by atoms with E-state index in [1.807, 2.05) is 0 Å². The molecule has 0 heterocycles. The molecule has 0 aliphatic carbocycles. The number of rotatable bonds is 5. The fourth-order valence-electron chi connectivity index (χ4n) is 1.19. The number of aliphatic carboxylic acids is 1. The van der Waals surface area contributed by atoms with Gasteiger partial charge in [0.05, 0.1) is 13.5 Å². The monoisotopic (exact) mass is 235 g/mol. The molecule has 0 radical (unpaired) electrons. The molecule has 0 aliphatic heterocycles. The Bertz CT molecular complexity index is 462. The molecule has 0 bridgehead atoms. The summed E-state index contributed by atoms with van der Waals surface area (Å²) in [5, 5.41) is 19.5. The lowest BCUT2D eigenvalue weighted by Crippen LogP contribution is -2.24. The Labute approximate surface area is 98.0 Å². The number of hydrogen-bond donors (Lipinski definition) is 1. The van der Waals surface area contributed by atoms with Gasteiger partial charge in [-0.3, -0.25) is 4.79 Å². The molecule has 0 saturated carbocycles. The first-order valence-electron chi connectivity index (χ1n) is 4.80. The average Bonchev–Trinajstić information content (AvgIpc) is 2.27. The molecule has 0 spiro atoms. The van der Waals surface area contributed by atoms with Gasteiger partial charge in [-0.2, -0.15) is 0 Å². The van der Waals surface area contributed by atoms with Gasteiger partial charge < -0.3 is 19.7 Å². The highest BCUT2D eigenvalue weighted by molar-refractivity contribution is 6.02. The van der Waals surface area contributed by atoms with Crippen molar-refractivity contribution in [2.45, 2.75) is 6.42 Å². The topological polar surface area (TPSA) is 86.7 Å². The highest BCUT2D eigenvalue weighted by atomic mass is 16.5. The lowest BCUT2D eigenvalue weighted by Gasteiger charge is -2.03. The molecule has 0 atom stereocenters. The van der Waals surface area contributed by atoms with Crippen LogP contribution in [0.5, 0.6) is 11.5 Å². The van der Waals surface area contributed by atoms with Crippen molar-refractivity contribution < 1.29 is 24.5 Å². The molecule has 1 aromatic rings. The van der Waals surface area contributed by atoms with Crippen LogP contribution in [0.15, 0.2) is 24.3 Å². The van der Waals surface area contributed by atoms with Crippen LogP contribution in [0.25, 0.3) is 6.08 Å². The Morgan fingerprint density at radius 3 is 2.76 bits per heavy atom. The number of carboxylic acid groups (broad SMARTS) is 1.